The van der Waals surface area contributed by atoms with Gasteiger partial charge in [0.15, 0.2) is 0 Å². The van der Waals surface area contributed by atoms with Crippen molar-refractivity contribution < 1.29 is 27.2 Å². The molecule has 1 fully saturated rings. The van der Waals surface area contributed by atoms with Crippen LogP contribution in [0.1, 0.15) is 25.3 Å². The number of hydrogen-bond acceptors (Lipinski definition) is 4. The molecule has 0 amide bonds. The van der Waals surface area contributed by atoms with E-state index >= 15 is 0 Å². The lowest BCUT2D eigenvalue weighted by molar-refractivity contribution is -0.274. The lowest BCUT2D eigenvalue weighted by atomic mass is 9.88. The van der Waals surface area contributed by atoms with Crippen molar-refractivity contribution in [1.29, 1.82) is 4.78 Å². The smallest absolute Gasteiger partial charge is 0.406 e. The molecule has 0 spiro atoms. The van der Waals surface area contributed by atoms with Gasteiger partial charge in [-0.2, -0.15) is 0 Å². The average molecular weight is 572 g/mol. The highest BCUT2D eigenvalue weighted by Gasteiger charge is 2.36. The first kappa shape index (κ1) is 26.1. The van der Waals surface area contributed by atoms with Crippen LogP contribution < -0.4 is 9.46 Å². The van der Waals surface area contributed by atoms with E-state index in [0.717, 1.165) is 46.1 Å². The fourth-order valence-electron chi connectivity index (χ4n) is 5.04. The van der Waals surface area contributed by atoms with Crippen LogP contribution in [0.15, 0.2) is 65.6 Å². The molecule has 1 aliphatic carbocycles. The van der Waals surface area contributed by atoms with Gasteiger partial charge in [-0.25, -0.2) is 13.7 Å². The number of ether oxygens (including phenoxy) is 1. The molecule has 4 aromatic rings. The number of rotatable bonds is 5. The lowest BCUT2D eigenvalue weighted by Gasteiger charge is -2.37. The Bertz CT molecular complexity index is 1510. The zero-order chi connectivity index (χ0) is 26.5. The third-order valence-corrected chi connectivity index (χ3v) is 8.63. The molecule has 196 valence electrons. The molecule has 6 nitrogen and oxygen atoms in total. The van der Waals surface area contributed by atoms with Crippen molar-refractivity contribution in [2.24, 2.45) is 0 Å². The number of nitrogens with one attached hydrogen (secondary N) is 2. The molecule has 0 bridgehead atoms. The number of aliphatic hydroxyl groups is 1. The quantitative estimate of drug-likeness (QED) is 0.239. The van der Waals surface area contributed by atoms with Crippen molar-refractivity contribution in [2.75, 3.05) is 0 Å². The normalized spacial score (nSPS) is 22.3. The van der Waals surface area contributed by atoms with E-state index < -0.39 is 40.2 Å². The van der Waals surface area contributed by atoms with E-state index in [4.69, 9.17) is 28.0 Å². The Morgan fingerprint density at radius 1 is 0.973 bits per heavy atom. The Morgan fingerprint density at radius 3 is 2.08 bits per heavy atom. The van der Waals surface area contributed by atoms with Gasteiger partial charge in [0.2, 0.25) is 0 Å². The number of aromatic nitrogens is 1. The van der Waals surface area contributed by atoms with Crippen molar-refractivity contribution in [3.63, 3.8) is 0 Å². The van der Waals surface area contributed by atoms with Gasteiger partial charge in [-0.15, -0.1) is 13.2 Å². The molecular weight excluding hydrogens is 550 g/mol. The summed E-state index contributed by atoms with van der Waals surface area (Å²) in [5, 5.41) is 14.3. The van der Waals surface area contributed by atoms with E-state index in [-0.39, 0.29) is 4.90 Å². The van der Waals surface area contributed by atoms with Crippen LogP contribution in [0.25, 0.3) is 21.8 Å². The number of fused-ring (bicyclic) bond motifs is 3. The highest BCUT2D eigenvalue weighted by Crippen LogP contribution is 2.40. The number of nitrogens with zero attached hydrogens (tertiary/aromatic N) is 1. The predicted molar refractivity (Wildman–Crippen MR) is 138 cm³/mol. The van der Waals surface area contributed by atoms with Crippen LogP contribution >= 0.6 is 23.2 Å². The standard InChI is InChI=1S/C25H22Cl2F3N3O3S/c26-14-4-10-21-18(12-14)19-13-15(27)5-11-22(19)33(21)23-3-1-2-20(24(23)34)32-37(31,35)17-8-6-16(7-9-17)36-25(28,29)30/h4-13,20,23-24,34H,1-3H2,(H2,31,32,35)/t20-,23+,24+,37?/m1/s1. The van der Waals surface area contributed by atoms with Crippen LogP contribution in [-0.2, 0) is 9.92 Å². The fraction of sp³-hybridized carbons (Fsp3) is 0.280. The van der Waals surface area contributed by atoms with Crippen LogP contribution in [0.2, 0.25) is 10.0 Å². The van der Waals surface area contributed by atoms with E-state index in [0.29, 0.717) is 29.3 Å². The summed E-state index contributed by atoms with van der Waals surface area (Å²) in [5.74, 6) is -0.476. The number of halogens is 5. The van der Waals surface area contributed by atoms with Gasteiger partial charge < -0.3 is 14.4 Å². The Hall–Kier alpha value is -2.50. The number of alkyl halides is 3. The van der Waals surface area contributed by atoms with Crippen molar-refractivity contribution >= 4 is 54.9 Å². The molecule has 0 aliphatic heterocycles. The predicted octanol–water partition coefficient (Wildman–Crippen LogP) is 7.06. The maximum atomic E-state index is 13.2. The van der Waals surface area contributed by atoms with Crippen molar-refractivity contribution in [1.82, 2.24) is 9.29 Å². The second-order valence-corrected chi connectivity index (χ2v) is 11.7. The van der Waals surface area contributed by atoms with Crippen molar-refractivity contribution in [3.05, 3.63) is 70.7 Å². The summed E-state index contributed by atoms with van der Waals surface area (Å²) < 4.78 is 67.6. The minimum absolute atomic E-state index is 0.0162. The van der Waals surface area contributed by atoms with Gasteiger partial charge in [0.1, 0.15) is 15.7 Å². The monoisotopic (exact) mass is 571 g/mol. The van der Waals surface area contributed by atoms with Gasteiger partial charge in [0, 0.05) is 37.9 Å². The molecule has 0 saturated heterocycles. The van der Waals surface area contributed by atoms with E-state index in [1.165, 1.54) is 0 Å². The van der Waals surface area contributed by atoms with Gasteiger partial charge in [0.05, 0.1) is 17.0 Å². The topological polar surface area (TPSA) is 87.3 Å². The minimum Gasteiger partial charge on any atom is -0.406 e. The highest BCUT2D eigenvalue weighted by atomic mass is 35.5. The van der Waals surface area contributed by atoms with Crippen LogP contribution in [0.4, 0.5) is 13.2 Å². The molecule has 3 N–H and O–H groups in total. The molecule has 3 aromatic carbocycles. The molecular formula is C25H22Cl2F3N3O3S. The summed E-state index contributed by atoms with van der Waals surface area (Å²) >= 11 is 12.5. The third kappa shape index (κ3) is 5.26. The van der Waals surface area contributed by atoms with Crippen LogP contribution in [-0.4, -0.2) is 32.4 Å². The second-order valence-electron chi connectivity index (χ2n) is 8.98. The second kappa shape index (κ2) is 9.67. The molecule has 12 heteroatoms. The average Bonchev–Trinajstić information content (AvgIpc) is 3.12. The van der Waals surface area contributed by atoms with Crippen LogP contribution in [0, 0.1) is 4.78 Å². The Morgan fingerprint density at radius 2 is 1.54 bits per heavy atom. The van der Waals surface area contributed by atoms with Crippen molar-refractivity contribution in [3.8, 4) is 5.75 Å². The third-order valence-electron chi connectivity index (χ3n) is 6.59. The Balaban J connectivity index is 1.45. The minimum atomic E-state index is -4.85. The molecule has 1 saturated carbocycles. The molecule has 37 heavy (non-hydrogen) atoms. The fourth-order valence-corrected chi connectivity index (χ4v) is 6.72. The van der Waals surface area contributed by atoms with Gasteiger partial charge in [0.25, 0.3) is 0 Å². The Kier molecular flexibility index (Phi) is 6.82. The molecule has 1 unspecified atom stereocenters. The maximum Gasteiger partial charge on any atom is 0.573 e. The van der Waals surface area contributed by atoms with Crippen LogP contribution in [0.5, 0.6) is 5.75 Å². The summed E-state index contributed by atoms with van der Waals surface area (Å²) in [6.07, 6.45) is -4.05. The Labute approximate surface area is 221 Å². The van der Waals surface area contributed by atoms with Crippen LogP contribution in [0.3, 0.4) is 0 Å². The summed E-state index contributed by atoms with van der Waals surface area (Å²) in [5.41, 5.74) is 1.72. The van der Waals surface area contributed by atoms with E-state index in [9.17, 15) is 22.5 Å². The van der Waals surface area contributed by atoms with Gasteiger partial charge in [-0.05, 0) is 79.9 Å². The van der Waals surface area contributed by atoms with Crippen molar-refractivity contribution in [2.45, 2.75) is 48.7 Å². The summed E-state index contributed by atoms with van der Waals surface area (Å²) in [6, 6.07) is 14.2. The molecule has 1 aliphatic rings. The van der Waals surface area contributed by atoms with E-state index in [2.05, 4.69) is 9.46 Å². The van der Waals surface area contributed by atoms with Gasteiger partial charge >= 0.3 is 6.36 Å². The maximum absolute atomic E-state index is 13.2. The number of benzene rings is 3. The zero-order valence-electron chi connectivity index (χ0n) is 19.1. The molecule has 1 aromatic heterocycles. The number of aliphatic hydroxyl groups excluding tert-OH is 1. The summed E-state index contributed by atoms with van der Waals surface area (Å²) in [4.78, 5) is -0.0162. The number of hydrogen-bond donors (Lipinski definition) is 3. The lowest BCUT2D eigenvalue weighted by Crippen LogP contribution is -2.49. The summed E-state index contributed by atoms with van der Waals surface area (Å²) in [7, 11) is -3.63. The van der Waals surface area contributed by atoms with Gasteiger partial charge in [-0.3, -0.25) is 0 Å². The summed E-state index contributed by atoms with van der Waals surface area (Å²) in [6.45, 7) is 0. The zero-order valence-corrected chi connectivity index (χ0v) is 21.5. The van der Waals surface area contributed by atoms with E-state index in [1.54, 1.807) is 12.1 Å². The van der Waals surface area contributed by atoms with Gasteiger partial charge in [-0.1, -0.05) is 23.2 Å². The first-order valence-corrected chi connectivity index (χ1v) is 13.7. The highest BCUT2D eigenvalue weighted by molar-refractivity contribution is 7.90. The largest absolute Gasteiger partial charge is 0.573 e. The first-order chi connectivity index (χ1) is 17.4. The molecule has 0 radical (unpaired) electrons. The SMILES string of the molecule is N=S(=O)(N[C@@H]1CCC[C@H](n2c3ccc(Cl)cc3c3cc(Cl)ccc32)[C@H]1O)c1ccc(OC(F)(F)F)cc1. The molecule has 5 rings (SSSR count). The first-order valence-electron chi connectivity index (χ1n) is 11.4. The molecule has 1 heterocycles. The van der Waals surface area contributed by atoms with E-state index in [1.807, 2.05) is 28.8 Å². The molecule has 4 atom stereocenters.